The average molecular weight is 337 g/mol. The second kappa shape index (κ2) is 6.73. The maximum absolute atomic E-state index is 12.5. The number of hydrogen-bond donors (Lipinski definition) is 1. The summed E-state index contributed by atoms with van der Waals surface area (Å²) in [6, 6.07) is 4.31. The summed E-state index contributed by atoms with van der Waals surface area (Å²) in [5.74, 6) is -0.136. The minimum absolute atomic E-state index is 0.104. The predicted octanol–water partition coefficient (Wildman–Crippen LogP) is -0.147. The molecule has 0 saturated carbocycles. The van der Waals surface area contributed by atoms with Gasteiger partial charge in [-0.2, -0.15) is 4.31 Å². The van der Waals surface area contributed by atoms with E-state index in [2.05, 4.69) is 0 Å². The fraction of sp³-hybridized carbons (Fsp3) is 0.500. The van der Waals surface area contributed by atoms with E-state index < -0.39 is 19.9 Å². The van der Waals surface area contributed by atoms with Crippen LogP contribution in [0.3, 0.4) is 0 Å². The van der Waals surface area contributed by atoms with Crippen LogP contribution in [0.15, 0.2) is 23.1 Å². The van der Waals surface area contributed by atoms with Gasteiger partial charge in [-0.25, -0.2) is 16.8 Å². The molecule has 0 aliphatic heterocycles. The van der Waals surface area contributed by atoms with Crippen molar-refractivity contribution in [2.24, 2.45) is 0 Å². The van der Waals surface area contributed by atoms with Gasteiger partial charge in [0.1, 0.15) is 20.5 Å². The van der Waals surface area contributed by atoms with Crippen LogP contribution in [0.25, 0.3) is 0 Å². The van der Waals surface area contributed by atoms with Gasteiger partial charge in [0.15, 0.2) is 0 Å². The van der Waals surface area contributed by atoms with E-state index in [1.54, 1.807) is 6.07 Å². The number of ether oxygens (including phenoxy) is 1. The van der Waals surface area contributed by atoms with E-state index in [0.29, 0.717) is 5.56 Å². The molecule has 21 heavy (non-hydrogen) atoms. The van der Waals surface area contributed by atoms with Gasteiger partial charge in [0.05, 0.1) is 19.5 Å². The first kappa shape index (κ1) is 17.9. The first-order chi connectivity index (χ1) is 9.61. The Hall–Kier alpha value is -1.16. The largest absolute Gasteiger partial charge is 0.495 e. The van der Waals surface area contributed by atoms with Crippen LogP contribution in [0.5, 0.6) is 5.75 Å². The van der Waals surface area contributed by atoms with E-state index in [0.717, 1.165) is 10.6 Å². The van der Waals surface area contributed by atoms with Crippen molar-refractivity contribution in [2.75, 3.05) is 32.7 Å². The quantitative estimate of drug-likeness (QED) is 0.743. The normalized spacial score (nSPS) is 12.6. The lowest BCUT2D eigenvalue weighted by Gasteiger charge is -2.19. The van der Waals surface area contributed by atoms with Crippen LogP contribution in [-0.4, -0.2) is 59.0 Å². The fourth-order valence-electron chi connectivity index (χ4n) is 1.60. The third kappa shape index (κ3) is 4.67. The molecule has 0 radical (unpaired) electrons. The molecule has 0 fully saturated rings. The first-order valence-electron chi connectivity index (χ1n) is 6.03. The van der Waals surface area contributed by atoms with Crippen molar-refractivity contribution in [3.8, 4) is 5.75 Å². The molecule has 0 amide bonds. The van der Waals surface area contributed by atoms with Gasteiger partial charge in [-0.1, -0.05) is 6.07 Å². The standard InChI is InChI=1S/C12H19NO6S2/c1-13(6-7-20(3,15)16)21(17,18)12-8-10(9-14)4-5-11(12)19-2/h4-5,8,14H,6-7,9H2,1-3H3. The Morgan fingerprint density at radius 1 is 1.24 bits per heavy atom. The van der Waals surface area contributed by atoms with Crippen LogP contribution in [0, 0.1) is 0 Å². The topological polar surface area (TPSA) is 101 Å². The summed E-state index contributed by atoms with van der Waals surface area (Å²) in [6.45, 7) is -0.465. The van der Waals surface area contributed by atoms with E-state index in [1.807, 2.05) is 0 Å². The van der Waals surface area contributed by atoms with Crippen molar-refractivity contribution in [1.82, 2.24) is 4.31 Å². The summed E-state index contributed by atoms with van der Waals surface area (Å²) in [6.07, 6.45) is 1.04. The van der Waals surface area contributed by atoms with Gasteiger partial charge < -0.3 is 9.84 Å². The van der Waals surface area contributed by atoms with Crippen LogP contribution in [0.2, 0.25) is 0 Å². The fourth-order valence-corrected chi connectivity index (χ4v) is 3.70. The van der Waals surface area contributed by atoms with Crippen LogP contribution in [0.4, 0.5) is 0 Å². The minimum atomic E-state index is -3.90. The zero-order valence-corrected chi connectivity index (χ0v) is 13.7. The second-order valence-corrected chi connectivity index (χ2v) is 8.87. The zero-order valence-electron chi connectivity index (χ0n) is 12.1. The molecular weight excluding hydrogens is 318 g/mol. The molecule has 9 heteroatoms. The molecule has 0 heterocycles. The van der Waals surface area contributed by atoms with Gasteiger partial charge in [0.2, 0.25) is 10.0 Å². The highest BCUT2D eigenvalue weighted by Crippen LogP contribution is 2.27. The van der Waals surface area contributed by atoms with Crippen LogP contribution in [-0.2, 0) is 26.5 Å². The summed E-state index contributed by atoms with van der Waals surface area (Å²) < 4.78 is 53.2. The van der Waals surface area contributed by atoms with E-state index in [-0.39, 0.29) is 29.5 Å². The highest BCUT2D eigenvalue weighted by molar-refractivity contribution is 7.91. The molecule has 0 aliphatic rings. The summed E-state index contributed by atoms with van der Waals surface area (Å²) in [7, 11) is -4.54. The molecule has 0 bridgehead atoms. The first-order valence-corrected chi connectivity index (χ1v) is 9.53. The predicted molar refractivity (Wildman–Crippen MR) is 78.4 cm³/mol. The molecule has 1 rings (SSSR count). The van der Waals surface area contributed by atoms with Gasteiger partial charge in [-0.3, -0.25) is 0 Å². The van der Waals surface area contributed by atoms with Crippen molar-refractivity contribution in [3.63, 3.8) is 0 Å². The Morgan fingerprint density at radius 2 is 1.86 bits per heavy atom. The van der Waals surface area contributed by atoms with E-state index in [4.69, 9.17) is 9.84 Å². The number of nitrogens with zero attached hydrogens (tertiary/aromatic N) is 1. The summed E-state index contributed by atoms with van der Waals surface area (Å²) >= 11 is 0. The Balaban J connectivity index is 3.17. The lowest BCUT2D eigenvalue weighted by molar-refractivity contribution is 0.281. The SMILES string of the molecule is COc1ccc(CO)cc1S(=O)(=O)N(C)CCS(C)(=O)=O. The smallest absolute Gasteiger partial charge is 0.246 e. The number of aliphatic hydroxyl groups is 1. The molecule has 0 atom stereocenters. The summed E-state index contributed by atoms with van der Waals surface area (Å²) in [5.41, 5.74) is 0.422. The Bertz CT molecular complexity index is 696. The third-order valence-corrected chi connectivity index (χ3v) is 5.68. The minimum Gasteiger partial charge on any atom is -0.495 e. The Morgan fingerprint density at radius 3 is 2.33 bits per heavy atom. The number of rotatable bonds is 7. The lowest BCUT2D eigenvalue weighted by Crippen LogP contribution is -2.31. The van der Waals surface area contributed by atoms with Crippen molar-refractivity contribution < 1.29 is 26.7 Å². The zero-order chi connectivity index (χ0) is 16.3. The number of sulfone groups is 1. The number of aliphatic hydroxyl groups excluding tert-OH is 1. The molecule has 7 nitrogen and oxygen atoms in total. The van der Waals surface area contributed by atoms with Gasteiger partial charge in [0.25, 0.3) is 0 Å². The molecule has 1 N–H and O–H groups in total. The van der Waals surface area contributed by atoms with E-state index in [9.17, 15) is 16.8 Å². The maximum atomic E-state index is 12.5. The molecule has 0 saturated heterocycles. The van der Waals surface area contributed by atoms with Gasteiger partial charge >= 0.3 is 0 Å². The highest BCUT2D eigenvalue weighted by atomic mass is 32.2. The van der Waals surface area contributed by atoms with Crippen LogP contribution >= 0.6 is 0 Å². The number of methoxy groups -OCH3 is 1. The van der Waals surface area contributed by atoms with E-state index >= 15 is 0 Å². The summed E-state index contributed by atoms with van der Waals surface area (Å²) in [5, 5.41) is 9.11. The molecule has 120 valence electrons. The Labute approximate surface area is 125 Å². The van der Waals surface area contributed by atoms with Crippen LogP contribution < -0.4 is 4.74 Å². The van der Waals surface area contributed by atoms with Gasteiger partial charge in [0, 0.05) is 19.8 Å². The van der Waals surface area contributed by atoms with Crippen molar-refractivity contribution >= 4 is 19.9 Å². The molecular formula is C12H19NO6S2. The Kier molecular flexibility index (Phi) is 5.74. The van der Waals surface area contributed by atoms with Gasteiger partial charge in [-0.15, -0.1) is 0 Å². The number of hydrogen-bond acceptors (Lipinski definition) is 6. The van der Waals surface area contributed by atoms with E-state index in [1.165, 1.54) is 26.3 Å². The van der Waals surface area contributed by atoms with Crippen molar-refractivity contribution in [1.29, 1.82) is 0 Å². The molecule has 1 aromatic rings. The molecule has 1 aromatic carbocycles. The number of benzene rings is 1. The maximum Gasteiger partial charge on any atom is 0.246 e. The van der Waals surface area contributed by atoms with Gasteiger partial charge in [-0.05, 0) is 17.7 Å². The van der Waals surface area contributed by atoms with Crippen LogP contribution in [0.1, 0.15) is 5.56 Å². The number of sulfonamides is 1. The average Bonchev–Trinajstić information content (AvgIpc) is 2.42. The monoisotopic (exact) mass is 337 g/mol. The highest BCUT2D eigenvalue weighted by Gasteiger charge is 2.25. The molecule has 0 unspecified atom stereocenters. The van der Waals surface area contributed by atoms with Crippen molar-refractivity contribution in [2.45, 2.75) is 11.5 Å². The lowest BCUT2D eigenvalue weighted by atomic mass is 10.2. The third-order valence-electron chi connectivity index (χ3n) is 2.88. The van der Waals surface area contributed by atoms with Crippen molar-refractivity contribution in [3.05, 3.63) is 23.8 Å². The summed E-state index contributed by atoms with van der Waals surface area (Å²) in [4.78, 5) is -0.104. The molecule has 0 spiro atoms. The molecule has 0 aliphatic carbocycles. The molecule has 0 aromatic heterocycles. The second-order valence-electron chi connectivity index (χ2n) is 4.60.